The number of aromatic amines is 1. The van der Waals surface area contributed by atoms with E-state index in [1.54, 1.807) is 0 Å². The molecule has 1 heterocycles. The van der Waals surface area contributed by atoms with Gasteiger partial charge in [-0.05, 0) is 17.2 Å². The fourth-order valence-corrected chi connectivity index (χ4v) is 2.38. The number of rotatable bonds is 3. The lowest BCUT2D eigenvalue weighted by Gasteiger charge is -2.12. The molecule has 3 aromatic rings. The van der Waals surface area contributed by atoms with Gasteiger partial charge in [-0.2, -0.15) is 15.4 Å². The Balaban J connectivity index is 2.44. The van der Waals surface area contributed by atoms with Crippen LogP contribution in [0, 0.1) is 0 Å². The Labute approximate surface area is 114 Å². The van der Waals surface area contributed by atoms with E-state index in [9.17, 15) is 4.79 Å². The van der Waals surface area contributed by atoms with Crippen LogP contribution in [0.1, 0.15) is 15.9 Å². The summed E-state index contributed by atoms with van der Waals surface area (Å²) in [7, 11) is 0. The molecule has 0 saturated heterocycles. The summed E-state index contributed by atoms with van der Waals surface area (Å²) in [5.74, 6) is -0.543. The van der Waals surface area contributed by atoms with Crippen LogP contribution in [-0.4, -0.2) is 21.3 Å². The van der Waals surface area contributed by atoms with Crippen LogP contribution >= 0.6 is 0 Å². The minimum atomic E-state index is -0.543. The lowest BCUT2D eigenvalue weighted by molar-refractivity contribution is 0.100. The second-order valence-electron chi connectivity index (χ2n) is 4.41. The van der Waals surface area contributed by atoms with Crippen LogP contribution in [0.4, 0.5) is 0 Å². The summed E-state index contributed by atoms with van der Waals surface area (Å²) in [6, 6.07) is 11.3. The predicted molar refractivity (Wildman–Crippen MR) is 75.7 cm³/mol. The summed E-state index contributed by atoms with van der Waals surface area (Å²) in [4.78, 5) is 11.9. The summed E-state index contributed by atoms with van der Waals surface area (Å²) >= 11 is 0. The number of carbonyl (C=O) groups excluding carboxylic acids is 1. The van der Waals surface area contributed by atoms with E-state index in [0.717, 1.165) is 16.7 Å². The van der Waals surface area contributed by atoms with E-state index in [-0.39, 0.29) is 6.54 Å². The molecule has 0 aliphatic rings. The van der Waals surface area contributed by atoms with Crippen molar-refractivity contribution in [1.29, 1.82) is 0 Å². The van der Waals surface area contributed by atoms with Crippen molar-refractivity contribution in [2.75, 3.05) is 0 Å². The van der Waals surface area contributed by atoms with Crippen molar-refractivity contribution >= 4 is 16.9 Å². The third-order valence-electron chi connectivity index (χ3n) is 3.22. The molecule has 0 aliphatic heterocycles. The number of carbonyl (C=O) groups is 1. The molecular formula is C14H13N5O. The molecule has 0 spiro atoms. The highest BCUT2D eigenvalue weighted by Crippen LogP contribution is 2.32. The average Bonchev–Trinajstić information content (AvgIpc) is 2.93. The third kappa shape index (κ3) is 1.83. The summed E-state index contributed by atoms with van der Waals surface area (Å²) in [6.07, 6.45) is 0. The highest BCUT2D eigenvalue weighted by atomic mass is 16.1. The summed E-state index contributed by atoms with van der Waals surface area (Å²) in [5.41, 5.74) is 15.2. The van der Waals surface area contributed by atoms with Crippen LogP contribution in [0.15, 0.2) is 36.4 Å². The second kappa shape index (κ2) is 4.75. The Morgan fingerprint density at radius 1 is 1.20 bits per heavy atom. The molecule has 1 aromatic heterocycles. The maximum absolute atomic E-state index is 11.9. The third-order valence-corrected chi connectivity index (χ3v) is 3.22. The zero-order valence-electron chi connectivity index (χ0n) is 10.6. The van der Waals surface area contributed by atoms with E-state index in [1.807, 2.05) is 36.4 Å². The summed E-state index contributed by atoms with van der Waals surface area (Å²) < 4.78 is 0. The number of aromatic nitrogens is 3. The van der Waals surface area contributed by atoms with Crippen molar-refractivity contribution in [3.8, 4) is 11.1 Å². The molecule has 0 aliphatic carbocycles. The second-order valence-corrected chi connectivity index (χ2v) is 4.41. The standard InChI is InChI=1S/C14H13N5O/c15-7-9-6-10-13(18-19-17-10)12(14(16)20)11(9)8-4-2-1-3-5-8/h1-6H,7,15H2,(H2,16,20)(H,17,18,19). The van der Waals surface area contributed by atoms with Gasteiger partial charge in [0.05, 0.1) is 5.56 Å². The van der Waals surface area contributed by atoms with E-state index in [4.69, 9.17) is 11.5 Å². The molecule has 5 N–H and O–H groups in total. The first-order chi connectivity index (χ1) is 9.72. The topological polar surface area (TPSA) is 111 Å². The van der Waals surface area contributed by atoms with Gasteiger partial charge < -0.3 is 11.5 Å². The van der Waals surface area contributed by atoms with Gasteiger partial charge in [-0.3, -0.25) is 4.79 Å². The largest absolute Gasteiger partial charge is 0.366 e. The molecule has 20 heavy (non-hydrogen) atoms. The fourth-order valence-electron chi connectivity index (χ4n) is 2.38. The van der Waals surface area contributed by atoms with Crippen LogP contribution in [-0.2, 0) is 6.54 Å². The molecule has 100 valence electrons. The van der Waals surface area contributed by atoms with Crippen LogP contribution in [0.2, 0.25) is 0 Å². The van der Waals surface area contributed by atoms with Crippen molar-refractivity contribution in [1.82, 2.24) is 15.4 Å². The van der Waals surface area contributed by atoms with Crippen molar-refractivity contribution in [3.63, 3.8) is 0 Å². The van der Waals surface area contributed by atoms with Gasteiger partial charge in [0, 0.05) is 12.1 Å². The van der Waals surface area contributed by atoms with Crippen molar-refractivity contribution in [2.24, 2.45) is 11.5 Å². The smallest absolute Gasteiger partial charge is 0.251 e. The minimum Gasteiger partial charge on any atom is -0.366 e. The van der Waals surface area contributed by atoms with E-state index in [2.05, 4.69) is 15.4 Å². The highest BCUT2D eigenvalue weighted by molar-refractivity contribution is 6.10. The van der Waals surface area contributed by atoms with Gasteiger partial charge in [0.2, 0.25) is 0 Å². The molecule has 0 bridgehead atoms. The molecule has 3 rings (SSSR count). The van der Waals surface area contributed by atoms with Gasteiger partial charge in [-0.25, -0.2) is 0 Å². The molecular weight excluding hydrogens is 254 g/mol. The van der Waals surface area contributed by atoms with Crippen LogP contribution in [0.5, 0.6) is 0 Å². The Morgan fingerprint density at radius 3 is 2.60 bits per heavy atom. The fraction of sp³-hybridized carbons (Fsp3) is 0.0714. The zero-order valence-corrected chi connectivity index (χ0v) is 10.6. The maximum atomic E-state index is 11.9. The lowest BCUT2D eigenvalue weighted by Crippen LogP contribution is -2.15. The van der Waals surface area contributed by atoms with E-state index in [1.165, 1.54) is 0 Å². The van der Waals surface area contributed by atoms with E-state index >= 15 is 0 Å². The first-order valence-corrected chi connectivity index (χ1v) is 6.14. The molecule has 0 radical (unpaired) electrons. The Kier molecular flexibility index (Phi) is 2.92. The molecule has 6 heteroatoms. The van der Waals surface area contributed by atoms with Gasteiger partial charge in [0.1, 0.15) is 11.0 Å². The Hall–Kier alpha value is -2.73. The molecule has 2 aromatic carbocycles. The number of primary amides is 1. The van der Waals surface area contributed by atoms with E-state index < -0.39 is 5.91 Å². The van der Waals surface area contributed by atoms with Gasteiger partial charge in [0.25, 0.3) is 5.91 Å². The van der Waals surface area contributed by atoms with Crippen molar-refractivity contribution in [2.45, 2.75) is 6.54 Å². The van der Waals surface area contributed by atoms with Crippen LogP contribution < -0.4 is 11.5 Å². The van der Waals surface area contributed by atoms with Crippen LogP contribution in [0.3, 0.4) is 0 Å². The highest BCUT2D eigenvalue weighted by Gasteiger charge is 2.20. The first kappa shape index (κ1) is 12.3. The monoisotopic (exact) mass is 267 g/mol. The Morgan fingerprint density at radius 2 is 1.95 bits per heavy atom. The SMILES string of the molecule is NCc1cc2n[nH]nc2c(C(N)=O)c1-c1ccccc1. The number of nitrogens with zero attached hydrogens (tertiary/aromatic N) is 2. The number of amides is 1. The molecule has 6 nitrogen and oxygen atoms in total. The number of nitrogens with one attached hydrogen (secondary N) is 1. The summed E-state index contributed by atoms with van der Waals surface area (Å²) in [5, 5.41) is 10.5. The normalized spacial score (nSPS) is 10.8. The van der Waals surface area contributed by atoms with Gasteiger partial charge in [-0.15, -0.1) is 0 Å². The zero-order chi connectivity index (χ0) is 14.1. The van der Waals surface area contributed by atoms with Crippen LogP contribution in [0.25, 0.3) is 22.2 Å². The van der Waals surface area contributed by atoms with Gasteiger partial charge in [-0.1, -0.05) is 30.3 Å². The minimum absolute atomic E-state index is 0.285. The quantitative estimate of drug-likeness (QED) is 0.661. The first-order valence-electron chi connectivity index (χ1n) is 6.14. The molecule has 0 saturated carbocycles. The number of hydrogen-bond acceptors (Lipinski definition) is 4. The van der Waals surface area contributed by atoms with Crippen molar-refractivity contribution in [3.05, 3.63) is 47.5 Å². The van der Waals surface area contributed by atoms with E-state index in [0.29, 0.717) is 16.6 Å². The van der Waals surface area contributed by atoms with Crippen molar-refractivity contribution < 1.29 is 4.79 Å². The summed E-state index contributed by atoms with van der Waals surface area (Å²) in [6.45, 7) is 0.285. The number of benzene rings is 2. The van der Waals surface area contributed by atoms with Gasteiger partial charge in [0.15, 0.2) is 0 Å². The lowest BCUT2D eigenvalue weighted by atomic mass is 9.92. The number of nitrogens with two attached hydrogens (primary N) is 2. The molecule has 0 fully saturated rings. The molecule has 0 atom stereocenters. The average molecular weight is 267 g/mol. The Bertz CT molecular complexity index is 779. The molecule has 1 amide bonds. The maximum Gasteiger partial charge on any atom is 0.251 e. The van der Waals surface area contributed by atoms with Gasteiger partial charge >= 0.3 is 0 Å². The number of hydrogen-bond donors (Lipinski definition) is 3. The number of H-pyrrole nitrogens is 1. The predicted octanol–water partition coefficient (Wildman–Crippen LogP) is 1.18. The number of fused-ring (bicyclic) bond motifs is 1. The molecule has 0 unspecified atom stereocenters.